The quantitative estimate of drug-likeness (QED) is 0.0664. The fraction of sp³-hybridized carbons (Fsp3) is 0.379. The highest BCUT2D eigenvalue weighted by Crippen LogP contribution is 2.14. The first-order valence-electron chi connectivity index (χ1n) is 15.5. The average Bonchev–Trinajstić information content (AvgIpc) is 3.92. The Morgan fingerprint density at radius 2 is 1.29 bits per heavy atom. The van der Waals surface area contributed by atoms with Crippen LogP contribution in [-0.4, -0.2) is 92.2 Å². The van der Waals surface area contributed by atoms with Crippen LogP contribution in [-0.2, 0) is 62.9 Å². The zero-order valence-electron chi connectivity index (χ0n) is 27.7. The van der Waals surface area contributed by atoms with Gasteiger partial charge in [0.25, 0.3) is 10.1 Å². The van der Waals surface area contributed by atoms with Gasteiger partial charge in [-0.3, -0.25) is 13.8 Å². The first kappa shape index (κ1) is 38.7. The molecule has 23 heteroatoms. The number of nitrogens with zero attached hydrogens (tertiary/aromatic N) is 12. The second kappa shape index (κ2) is 18.2. The van der Waals surface area contributed by atoms with Crippen molar-refractivity contribution in [1.29, 1.82) is 0 Å². The summed E-state index contributed by atoms with van der Waals surface area (Å²) >= 11 is 0. The summed E-state index contributed by atoms with van der Waals surface area (Å²) in [5, 5.41) is 36.9. The van der Waals surface area contributed by atoms with Crippen LogP contribution in [0.1, 0.15) is 29.8 Å². The molecule has 52 heavy (non-hydrogen) atoms. The van der Waals surface area contributed by atoms with Crippen LogP contribution in [0.3, 0.4) is 0 Å². The van der Waals surface area contributed by atoms with Crippen molar-refractivity contribution in [2.24, 2.45) is 0 Å². The van der Waals surface area contributed by atoms with Crippen LogP contribution in [0, 0.1) is 27.2 Å². The third-order valence-electron chi connectivity index (χ3n) is 7.08. The molecular formula is C29H33FN12O9S. The Labute approximate surface area is 294 Å². The predicted molar refractivity (Wildman–Crippen MR) is 175 cm³/mol. The number of hydrogen-bond donors (Lipinski definition) is 0. The minimum atomic E-state index is -3.86. The summed E-state index contributed by atoms with van der Waals surface area (Å²) in [6, 6.07) is 6.33. The van der Waals surface area contributed by atoms with Crippen molar-refractivity contribution in [3.05, 3.63) is 98.6 Å². The van der Waals surface area contributed by atoms with E-state index in [2.05, 4.69) is 30.6 Å². The summed E-state index contributed by atoms with van der Waals surface area (Å²) in [7, 11) is -3.86. The number of carbonyl (C=O) groups excluding carboxylic acids is 2. The molecule has 5 rings (SSSR count). The molecule has 1 aromatic carbocycles. The fourth-order valence-corrected chi connectivity index (χ4v) is 5.39. The molecule has 0 radical (unpaired) electrons. The summed E-state index contributed by atoms with van der Waals surface area (Å²) < 4.78 is 46.6. The maximum atomic E-state index is 12.2. The van der Waals surface area contributed by atoms with E-state index in [1.807, 2.05) is 6.92 Å². The lowest BCUT2D eigenvalue weighted by molar-refractivity contribution is -0.396. The molecule has 0 amide bonds. The Morgan fingerprint density at radius 3 is 1.75 bits per heavy atom. The number of nitro groups is 2. The number of carbonyl (C=O) groups is 2. The van der Waals surface area contributed by atoms with Crippen molar-refractivity contribution >= 4 is 33.6 Å². The van der Waals surface area contributed by atoms with Crippen LogP contribution >= 0.6 is 0 Å². The highest BCUT2D eigenvalue weighted by molar-refractivity contribution is 7.86. The normalized spacial score (nSPS) is 11.2. The number of aromatic nitrogens is 10. The van der Waals surface area contributed by atoms with Gasteiger partial charge in [0.05, 0.1) is 36.0 Å². The number of Topliss-reactive ketones (excluding diaryl/α,β-unsaturated/α-hetero) is 2. The van der Waals surface area contributed by atoms with Gasteiger partial charge in [-0.25, -0.2) is 22.9 Å². The summed E-state index contributed by atoms with van der Waals surface area (Å²) in [6.45, 7) is 1.21. The van der Waals surface area contributed by atoms with Crippen molar-refractivity contribution in [1.82, 2.24) is 49.1 Å². The van der Waals surface area contributed by atoms with Crippen LogP contribution in [0.15, 0.2) is 66.3 Å². The molecule has 4 aromatic heterocycles. The van der Waals surface area contributed by atoms with Crippen molar-refractivity contribution in [2.75, 3.05) is 13.3 Å². The van der Waals surface area contributed by atoms with Gasteiger partial charge in [-0.05, 0) is 28.9 Å². The van der Waals surface area contributed by atoms with Gasteiger partial charge in [0, 0.05) is 38.1 Å². The Kier molecular flexibility index (Phi) is 13.6. The van der Waals surface area contributed by atoms with E-state index in [9.17, 15) is 42.6 Å². The summed E-state index contributed by atoms with van der Waals surface area (Å²) in [5.74, 6) is -1.16. The molecule has 0 fully saturated rings. The minimum absolute atomic E-state index is 0.0778. The number of aryl methyl sites for hydroxylation is 4. The van der Waals surface area contributed by atoms with Crippen molar-refractivity contribution < 1.29 is 36.4 Å². The van der Waals surface area contributed by atoms with Crippen molar-refractivity contribution in [2.45, 2.75) is 63.7 Å². The summed E-state index contributed by atoms with van der Waals surface area (Å²) in [4.78, 5) is 51.3. The van der Waals surface area contributed by atoms with E-state index in [1.54, 1.807) is 24.5 Å². The van der Waals surface area contributed by atoms with E-state index < -0.39 is 26.6 Å². The summed E-state index contributed by atoms with van der Waals surface area (Å²) in [5.41, 5.74) is 2.06. The lowest BCUT2D eigenvalue weighted by Crippen LogP contribution is -2.13. The van der Waals surface area contributed by atoms with Gasteiger partial charge in [-0.2, -0.15) is 8.42 Å². The molecule has 0 aliphatic rings. The minimum Gasteiger partial charge on any atom is -0.390 e. The molecule has 0 aliphatic heterocycles. The largest absolute Gasteiger partial charge is 0.434 e. The first-order valence-corrected chi connectivity index (χ1v) is 16.9. The zero-order valence-corrected chi connectivity index (χ0v) is 28.5. The predicted octanol–water partition coefficient (Wildman–Crippen LogP) is 1.85. The van der Waals surface area contributed by atoms with E-state index in [1.165, 1.54) is 55.4 Å². The molecule has 21 nitrogen and oxygen atoms in total. The van der Waals surface area contributed by atoms with Crippen LogP contribution in [0.4, 0.5) is 16.3 Å². The van der Waals surface area contributed by atoms with Gasteiger partial charge >= 0.3 is 11.9 Å². The number of benzene rings is 1. The topological polar surface area (TPSA) is 261 Å². The maximum Gasteiger partial charge on any atom is 0.434 e. The molecule has 0 aliphatic carbocycles. The van der Waals surface area contributed by atoms with E-state index in [0.29, 0.717) is 24.2 Å². The second-order valence-corrected chi connectivity index (χ2v) is 12.6. The maximum absolute atomic E-state index is 12.2. The molecule has 0 atom stereocenters. The molecule has 4 heterocycles. The number of alkyl halides is 1. The molecule has 0 saturated heterocycles. The first-order chi connectivity index (χ1) is 24.8. The summed E-state index contributed by atoms with van der Waals surface area (Å²) in [6.07, 6.45) is 9.39. The molecule has 5 aromatic rings. The van der Waals surface area contributed by atoms with Gasteiger partial charge in [0.15, 0.2) is 11.6 Å². The van der Waals surface area contributed by atoms with Crippen LogP contribution in [0.5, 0.6) is 0 Å². The molecule has 0 unspecified atom stereocenters. The lowest BCUT2D eigenvalue weighted by Gasteiger charge is -2.05. The Morgan fingerprint density at radius 1 is 0.808 bits per heavy atom. The van der Waals surface area contributed by atoms with E-state index in [0.717, 1.165) is 5.56 Å². The number of rotatable bonds is 19. The number of halogens is 1. The van der Waals surface area contributed by atoms with Crippen LogP contribution < -0.4 is 0 Å². The fourth-order valence-electron chi connectivity index (χ4n) is 4.49. The van der Waals surface area contributed by atoms with E-state index >= 15 is 0 Å². The van der Waals surface area contributed by atoms with Gasteiger partial charge in [-0.1, -0.05) is 38.1 Å². The van der Waals surface area contributed by atoms with Crippen LogP contribution in [0.2, 0.25) is 0 Å². The Hall–Kier alpha value is -6.10. The average molecular weight is 744 g/mol. The third-order valence-corrected chi connectivity index (χ3v) is 8.41. The van der Waals surface area contributed by atoms with Crippen molar-refractivity contribution in [3.8, 4) is 0 Å². The number of hydrogen-bond acceptors (Lipinski definition) is 15. The van der Waals surface area contributed by atoms with Gasteiger partial charge in [0.1, 0.15) is 44.6 Å². The molecule has 0 N–H and O–H groups in total. The highest BCUT2D eigenvalue weighted by Gasteiger charge is 2.19. The van der Waals surface area contributed by atoms with Crippen LogP contribution in [0.25, 0.3) is 0 Å². The third kappa shape index (κ3) is 11.5. The SMILES string of the molecule is Cc1ccc(S(=O)(=O)OCCn2cc(CCC(=O)Cn3ccnc3[N+](=O)[O-])nn2)cc1.O=C(CCc1cn(CC[18F])nn1)Cn1ccnc1[N+](=O)[O-]. The second-order valence-electron chi connectivity index (χ2n) is 11.0. The highest BCUT2D eigenvalue weighted by atomic mass is 32.2. The monoisotopic (exact) mass is 743 g/mol. The molecule has 0 saturated carbocycles. The molecule has 0 bridgehead atoms. The molecular weight excluding hydrogens is 710 g/mol. The smallest absolute Gasteiger partial charge is 0.390 e. The van der Waals surface area contributed by atoms with E-state index in [4.69, 9.17) is 4.18 Å². The number of imidazole rings is 2. The lowest BCUT2D eigenvalue weighted by atomic mass is 10.2. The number of ketones is 2. The standard InChI is InChI=1S/C18H20N6O6S.C11H13FN6O3/c1-14-2-6-17(7-3-14)31(28,29)30-11-10-23-12-15(20-21-23)4-5-16(25)13-22-9-8-19-18(22)24(26)27;12-3-5-17-7-9(14-15-17)1-2-10(19)8-16-6-4-13-11(16)18(20)21/h2-3,6-9,12H,4-5,10-11,13H2,1H3;4,6-7H,1-3,5,8H2/i;12-1. The van der Waals surface area contributed by atoms with Gasteiger partial charge in [0.2, 0.25) is 0 Å². The Balaban J connectivity index is 0.000000251. The van der Waals surface area contributed by atoms with E-state index in [-0.39, 0.29) is 74.0 Å². The Bertz CT molecular complexity index is 2090. The van der Waals surface area contributed by atoms with Gasteiger partial charge in [-0.15, -0.1) is 10.2 Å². The molecule has 276 valence electrons. The zero-order chi connectivity index (χ0) is 37.7. The molecule has 0 spiro atoms. The van der Waals surface area contributed by atoms with Gasteiger partial charge < -0.3 is 20.2 Å². The van der Waals surface area contributed by atoms with Crippen molar-refractivity contribution in [3.63, 3.8) is 0 Å².